The summed E-state index contributed by atoms with van der Waals surface area (Å²) in [5, 5.41) is 18.1. The normalized spacial score (nSPS) is 39.2. The molecule has 0 N–H and O–H groups in total. The molecule has 4 atom stereocenters. The fourth-order valence-corrected chi connectivity index (χ4v) is 2.95. The van der Waals surface area contributed by atoms with Gasteiger partial charge in [0.25, 0.3) is 0 Å². The first-order valence-corrected chi connectivity index (χ1v) is 6.39. The molecule has 0 aromatic heterocycles. The van der Waals surface area contributed by atoms with E-state index in [1.807, 2.05) is 0 Å². The molecule has 0 spiro atoms. The minimum Gasteiger partial charge on any atom is -0.361 e. The van der Waals surface area contributed by atoms with Crippen LogP contribution in [0, 0.1) is 34.5 Å². The number of nitrogens with zero attached hydrogens (tertiary/aromatic N) is 3. The second-order valence-corrected chi connectivity index (χ2v) is 5.20. The maximum atomic E-state index is 9.23. The molecule has 4 heteroatoms. The van der Waals surface area contributed by atoms with Gasteiger partial charge in [0.15, 0.2) is 6.10 Å². The molecule has 1 aliphatic carbocycles. The molecule has 17 heavy (non-hydrogen) atoms. The minimum absolute atomic E-state index is 0.128. The summed E-state index contributed by atoms with van der Waals surface area (Å²) in [5.74, 6) is 0.816. The number of hydrogen-bond donors (Lipinski definition) is 0. The van der Waals surface area contributed by atoms with E-state index in [0.717, 1.165) is 25.8 Å². The van der Waals surface area contributed by atoms with E-state index in [9.17, 15) is 5.26 Å². The lowest BCUT2D eigenvalue weighted by Crippen LogP contribution is -2.51. The molecule has 92 valence electrons. The van der Waals surface area contributed by atoms with Gasteiger partial charge in [-0.3, -0.25) is 4.90 Å². The fraction of sp³-hybridized carbons (Fsp3) is 0.846. The Morgan fingerprint density at radius 1 is 1.24 bits per heavy atom. The van der Waals surface area contributed by atoms with Crippen molar-refractivity contribution in [3.63, 3.8) is 0 Å². The van der Waals surface area contributed by atoms with Crippen LogP contribution in [-0.2, 0) is 4.74 Å². The molecule has 1 saturated carbocycles. The van der Waals surface area contributed by atoms with Crippen LogP contribution in [0.2, 0.25) is 0 Å². The molecule has 0 aromatic carbocycles. The smallest absolute Gasteiger partial charge is 0.156 e. The molecule has 0 radical (unpaired) electrons. The highest BCUT2D eigenvalue weighted by Crippen LogP contribution is 2.32. The van der Waals surface area contributed by atoms with E-state index in [2.05, 4.69) is 24.0 Å². The van der Waals surface area contributed by atoms with Gasteiger partial charge in [-0.1, -0.05) is 6.92 Å². The molecule has 2 aliphatic rings. The number of rotatable bonds is 1. The summed E-state index contributed by atoms with van der Waals surface area (Å²) in [4.78, 5) is 2.29. The molecular formula is C13H19N3O. The van der Waals surface area contributed by atoms with E-state index >= 15 is 0 Å². The summed E-state index contributed by atoms with van der Waals surface area (Å²) in [6.07, 6.45) is 2.91. The van der Waals surface area contributed by atoms with E-state index in [1.165, 1.54) is 0 Å². The largest absolute Gasteiger partial charge is 0.361 e. The van der Waals surface area contributed by atoms with Crippen molar-refractivity contribution in [1.82, 2.24) is 4.90 Å². The standard InChI is InChI=1S/C13H19N3O/c1-10-2-3-11(7-14)13(6-10)16-4-5-17-12(8-15)9-16/h10-13H,2-6,9H2,1H3. The molecule has 4 unspecified atom stereocenters. The Labute approximate surface area is 103 Å². The highest BCUT2D eigenvalue weighted by molar-refractivity contribution is 5.00. The van der Waals surface area contributed by atoms with E-state index in [0.29, 0.717) is 25.1 Å². The second kappa shape index (κ2) is 5.49. The first kappa shape index (κ1) is 12.4. The van der Waals surface area contributed by atoms with Crippen molar-refractivity contribution in [1.29, 1.82) is 10.5 Å². The Kier molecular flexibility index (Phi) is 3.99. The molecule has 0 aromatic rings. The molecule has 4 nitrogen and oxygen atoms in total. The Morgan fingerprint density at radius 2 is 2.06 bits per heavy atom. The van der Waals surface area contributed by atoms with Gasteiger partial charge < -0.3 is 4.74 Å². The molecule has 0 amide bonds. The van der Waals surface area contributed by atoms with Crippen molar-refractivity contribution in [2.75, 3.05) is 19.7 Å². The van der Waals surface area contributed by atoms with Crippen LogP contribution in [-0.4, -0.2) is 36.7 Å². The number of nitriles is 2. The van der Waals surface area contributed by atoms with Crippen LogP contribution in [0.5, 0.6) is 0 Å². The van der Waals surface area contributed by atoms with Crippen LogP contribution >= 0.6 is 0 Å². The highest BCUT2D eigenvalue weighted by Gasteiger charge is 2.35. The molecule has 1 heterocycles. The summed E-state index contributed by atoms with van der Waals surface area (Å²) in [6.45, 7) is 4.38. The lowest BCUT2D eigenvalue weighted by atomic mass is 9.79. The number of morpholine rings is 1. The minimum atomic E-state index is -0.319. The van der Waals surface area contributed by atoms with E-state index < -0.39 is 0 Å². The van der Waals surface area contributed by atoms with E-state index in [4.69, 9.17) is 10.00 Å². The van der Waals surface area contributed by atoms with Gasteiger partial charge in [-0.15, -0.1) is 0 Å². The Bertz CT molecular complexity index is 344. The predicted octanol–water partition coefficient (Wildman–Crippen LogP) is 1.54. The lowest BCUT2D eigenvalue weighted by molar-refractivity contribution is -0.0338. The SMILES string of the molecule is CC1CCC(C#N)C(N2CCOC(C#N)C2)C1. The van der Waals surface area contributed by atoms with E-state index in [1.54, 1.807) is 0 Å². The van der Waals surface area contributed by atoms with Crippen molar-refractivity contribution < 1.29 is 4.74 Å². The van der Waals surface area contributed by atoms with Crippen LogP contribution in [0.25, 0.3) is 0 Å². The van der Waals surface area contributed by atoms with Crippen LogP contribution < -0.4 is 0 Å². The van der Waals surface area contributed by atoms with Crippen molar-refractivity contribution in [2.45, 2.75) is 38.3 Å². The fourth-order valence-electron chi connectivity index (χ4n) is 2.95. The van der Waals surface area contributed by atoms with Gasteiger partial charge in [0.2, 0.25) is 0 Å². The molecule has 1 saturated heterocycles. The van der Waals surface area contributed by atoms with Gasteiger partial charge >= 0.3 is 0 Å². The zero-order valence-electron chi connectivity index (χ0n) is 10.3. The lowest BCUT2D eigenvalue weighted by Gasteiger charge is -2.42. The first-order chi connectivity index (χ1) is 8.24. The van der Waals surface area contributed by atoms with Gasteiger partial charge in [0, 0.05) is 19.1 Å². The third-order valence-electron chi connectivity index (χ3n) is 3.96. The molecule has 2 fully saturated rings. The summed E-state index contributed by atoms with van der Waals surface area (Å²) in [6, 6.07) is 4.93. The third-order valence-corrected chi connectivity index (χ3v) is 3.96. The number of ether oxygens (including phenoxy) is 1. The second-order valence-electron chi connectivity index (χ2n) is 5.20. The average molecular weight is 233 g/mol. The van der Waals surface area contributed by atoms with Crippen molar-refractivity contribution in [2.24, 2.45) is 11.8 Å². The molecule has 0 bridgehead atoms. The van der Waals surface area contributed by atoms with Crippen LogP contribution in [0.3, 0.4) is 0 Å². The zero-order chi connectivity index (χ0) is 12.3. The van der Waals surface area contributed by atoms with Crippen LogP contribution in [0.15, 0.2) is 0 Å². The topological polar surface area (TPSA) is 60.1 Å². The predicted molar refractivity (Wildman–Crippen MR) is 62.8 cm³/mol. The van der Waals surface area contributed by atoms with Gasteiger partial charge in [-0.05, 0) is 25.2 Å². The Balaban J connectivity index is 2.03. The molecule has 1 aliphatic heterocycles. The van der Waals surface area contributed by atoms with Crippen molar-refractivity contribution in [3.05, 3.63) is 0 Å². The molecular weight excluding hydrogens is 214 g/mol. The Hall–Kier alpha value is -1.10. The summed E-state index contributed by atoms with van der Waals surface area (Å²) < 4.78 is 5.36. The summed E-state index contributed by atoms with van der Waals surface area (Å²) in [7, 11) is 0. The number of hydrogen-bond acceptors (Lipinski definition) is 4. The third kappa shape index (κ3) is 2.77. The van der Waals surface area contributed by atoms with Crippen LogP contribution in [0.1, 0.15) is 26.2 Å². The molecule has 2 rings (SSSR count). The quantitative estimate of drug-likeness (QED) is 0.689. The van der Waals surface area contributed by atoms with E-state index in [-0.39, 0.29) is 12.0 Å². The first-order valence-electron chi connectivity index (χ1n) is 6.39. The van der Waals surface area contributed by atoms with Crippen molar-refractivity contribution >= 4 is 0 Å². The van der Waals surface area contributed by atoms with Gasteiger partial charge in [0.05, 0.1) is 24.7 Å². The monoisotopic (exact) mass is 233 g/mol. The summed E-state index contributed by atoms with van der Waals surface area (Å²) >= 11 is 0. The van der Waals surface area contributed by atoms with Crippen molar-refractivity contribution in [3.8, 4) is 12.1 Å². The van der Waals surface area contributed by atoms with Gasteiger partial charge in [0.1, 0.15) is 0 Å². The van der Waals surface area contributed by atoms with Crippen LogP contribution in [0.4, 0.5) is 0 Å². The Morgan fingerprint density at radius 3 is 2.76 bits per heavy atom. The maximum absolute atomic E-state index is 9.23. The summed E-state index contributed by atoms with van der Waals surface area (Å²) in [5.41, 5.74) is 0. The average Bonchev–Trinajstić information content (AvgIpc) is 2.39. The highest BCUT2D eigenvalue weighted by atomic mass is 16.5. The maximum Gasteiger partial charge on any atom is 0.156 e. The van der Waals surface area contributed by atoms with Gasteiger partial charge in [-0.2, -0.15) is 10.5 Å². The zero-order valence-corrected chi connectivity index (χ0v) is 10.3. The van der Waals surface area contributed by atoms with Gasteiger partial charge in [-0.25, -0.2) is 0 Å².